The molecule has 32 heavy (non-hydrogen) atoms. The second-order valence-electron chi connectivity index (χ2n) is 9.70. The van der Waals surface area contributed by atoms with Gasteiger partial charge in [0, 0.05) is 42.3 Å². The van der Waals surface area contributed by atoms with E-state index in [1.54, 1.807) is 6.07 Å². The second kappa shape index (κ2) is 8.07. The molecule has 0 spiro atoms. The number of halogens is 1. The maximum absolute atomic E-state index is 13.8. The van der Waals surface area contributed by atoms with Crippen LogP contribution in [0.15, 0.2) is 30.3 Å². The lowest BCUT2D eigenvalue weighted by molar-refractivity contribution is 0.0426. The molecular formula is C26H30FN3O2. The van der Waals surface area contributed by atoms with Crippen LogP contribution in [0.2, 0.25) is 0 Å². The summed E-state index contributed by atoms with van der Waals surface area (Å²) in [6.07, 6.45) is 6.79. The average molecular weight is 436 g/mol. The molecule has 6 heteroatoms. The highest BCUT2D eigenvalue weighted by Crippen LogP contribution is 2.38. The summed E-state index contributed by atoms with van der Waals surface area (Å²) in [5.74, 6) is 1.14. The molecule has 168 valence electrons. The van der Waals surface area contributed by atoms with Crippen molar-refractivity contribution in [1.29, 1.82) is 0 Å². The normalized spacial score (nSPS) is 23.6. The van der Waals surface area contributed by atoms with E-state index in [9.17, 15) is 9.18 Å². The van der Waals surface area contributed by atoms with Crippen LogP contribution in [0.4, 0.5) is 10.1 Å². The van der Waals surface area contributed by atoms with Gasteiger partial charge in [-0.25, -0.2) is 4.39 Å². The van der Waals surface area contributed by atoms with E-state index >= 15 is 0 Å². The van der Waals surface area contributed by atoms with Gasteiger partial charge in [0.2, 0.25) is 0 Å². The van der Waals surface area contributed by atoms with Crippen molar-refractivity contribution in [2.45, 2.75) is 63.1 Å². The van der Waals surface area contributed by atoms with Gasteiger partial charge in [-0.05, 0) is 74.0 Å². The molecule has 1 amide bonds. The minimum atomic E-state index is -0.150. The monoisotopic (exact) mass is 435 g/mol. The van der Waals surface area contributed by atoms with Crippen LogP contribution in [0.1, 0.15) is 65.1 Å². The van der Waals surface area contributed by atoms with Gasteiger partial charge in [-0.3, -0.25) is 9.69 Å². The van der Waals surface area contributed by atoms with Crippen molar-refractivity contribution in [3.8, 4) is 5.75 Å². The maximum Gasteiger partial charge on any atom is 0.252 e. The molecule has 2 atom stereocenters. The Morgan fingerprint density at radius 3 is 2.88 bits per heavy atom. The quantitative estimate of drug-likeness (QED) is 0.714. The molecule has 0 saturated heterocycles. The zero-order valence-corrected chi connectivity index (χ0v) is 18.3. The molecule has 1 saturated carbocycles. The number of benzene rings is 2. The first kappa shape index (κ1) is 20.0. The first-order chi connectivity index (χ1) is 15.7. The van der Waals surface area contributed by atoms with E-state index in [-0.39, 0.29) is 11.7 Å². The molecule has 2 unspecified atom stereocenters. The van der Waals surface area contributed by atoms with Crippen LogP contribution in [0.25, 0.3) is 0 Å². The Bertz CT molecular complexity index is 1050. The van der Waals surface area contributed by atoms with Gasteiger partial charge in [-0.2, -0.15) is 0 Å². The highest BCUT2D eigenvalue weighted by atomic mass is 19.1. The summed E-state index contributed by atoms with van der Waals surface area (Å²) in [5.41, 5.74) is 5.22. The van der Waals surface area contributed by atoms with Crippen LogP contribution in [-0.4, -0.2) is 42.6 Å². The first-order valence-electron chi connectivity index (χ1n) is 12.0. The van der Waals surface area contributed by atoms with Crippen molar-refractivity contribution in [3.63, 3.8) is 0 Å². The Morgan fingerprint density at radius 2 is 2.03 bits per heavy atom. The van der Waals surface area contributed by atoms with Gasteiger partial charge in [0.15, 0.2) is 0 Å². The van der Waals surface area contributed by atoms with Crippen LogP contribution >= 0.6 is 0 Å². The van der Waals surface area contributed by atoms with Crippen LogP contribution in [0, 0.1) is 5.82 Å². The Balaban J connectivity index is 1.16. The minimum absolute atomic E-state index is 0.0379. The maximum atomic E-state index is 13.8. The number of hydrogen-bond acceptors (Lipinski definition) is 4. The Kier molecular flexibility index (Phi) is 5.05. The van der Waals surface area contributed by atoms with Crippen molar-refractivity contribution in [1.82, 2.24) is 10.2 Å². The standard InChI is InChI=1S/C26H30FN3O2/c27-18-7-8-23-21(11-18)16(13-28-23)3-2-10-30(19-4-1-5-19)20-12-22-24(32-15-20)9-6-17-14-29-26(31)25(17)22/h6-9,11,16,19-20,28H,1-5,10,12-15H2,(H,29,31). The van der Waals surface area contributed by atoms with Gasteiger partial charge in [-0.1, -0.05) is 12.5 Å². The number of carbonyl (C=O) groups excluding carboxylic acids is 1. The number of ether oxygens (including phenoxy) is 1. The molecule has 6 rings (SSSR count). The smallest absolute Gasteiger partial charge is 0.252 e. The van der Waals surface area contributed by atoms with Crippen LogP contribution < -0.4 is 15.4 Å². The van der Waals surface area contributed by atoms with Crippen LogP contribution in [-0.2, 0) is 13.0 Å². The third-order valence-corrected chi connectivity index (χ3v) is 7.87. The number of anilines is 1. The average Bonchev–Trinajstić information content (AvgIpc) is 3.34. The van der Waals surface area contributed by atoms with E-state index in [1.807, 2.05) is 18.2 Å². The van der Waals surface area contributed by atoms with Crippen molar-refractivity contribution in [2.75, 3.05) is 25.0 Å². The molecule has 1 aliphatic carbocycles. The predicted molar refractivity (Wildman–Crippen MR) is 122 cm³/mol. The molecular weight excluding hydrogens is 405 g/mol. The van der Waals surface area contributed by atoms with Crippen molar-refractivity contribution in [2.24, 2.45) is 0 Å². The highest BCUT2D eigenvalue weighted by Gasteiger charge is 2.36. The first-order valence-corrected chi connectivity index (χ1v) is 12.0. The summed E-state index contributed by atoms with van der Waals surface area (Å²) in [5, 5.41) is 6.39. The predicted octanol–water partition coefficient (Wildman–Crippen LogP) is 4.22. The topological polar surface area (TPSA) is 53.6 Å². The fourth-order valence-electron chi connectivity index (χ4n) is 5.94. The molecule has 0 radical (unpaired) electrons. The molecule has 2 aromatic rings. The molecule has 2 aromatic carbocycles. The highest BCUT2D eigenvalue weighted by molar-refractivity contribution is 6.00. The molecule has 4 aliphatic rings. The number of nitrogens with one attached hydrogen (secondary N) is 2. The lowest BCUT2D eigenvalue weighted by Gasteiger charge is -2.44. The lowest BCUT2D eigenvalue weighted by atomic mass is 9.87. The second-order valence-corrected chi connectivity index (χ2v) is 9.70. The lowest BCUT2D eigenvalue weighted by Crippen LogP contribution is -2.51. The molecule has 3 heterocycles. The van der Waals surface area contributed by atoms with Crippen molar-refractivity contribution >= 4 is 11.6 Å². The van der Waals surface area contributed by atoms with Gasteiger partial charge in [0.25, 0.3) is 5.91 Å². The van der Waals surface area contributed by atoms with Gasteiger partial charge in [0.05, 0.1) is 5.56 Å². The largest absolute Gasteiger partial charge is 0.492 e. The summed E-state index contributed by atoms with van der Waals surface area (Å²) in [4.78, 5) is 15.1. The van der Waals surface area contributed by atoms with E-state index in [0.717, 1.165) is 66.0 Å². The van der Waals surface area contributed by atoms with E-state index in [0.29, 0.717) is 31.2 Å². The fraction of sp³-hybridized carbons (Fsp3) is 0.500. The zero-order valence-electron chi connectivity index (χ0n) is 18.3. The molecule has 3 aliphatic heterocycles. The molecule has 0 bridgehead atoms. The summed E-state index contributed by atoms with van der Waals surface area (Å²) in [6, 6.07) is 10.1. The van der Waals surface area contributed by atoms with E-state index in [1.165, 1.54) is 25.3 Å². The molecule has 5 nitrogen and oxygen atoms in total. The van der Waals surface area contributed by atoms with E-state index in [2.05, 4.69) is 15.5 Å². The summed E-state index contributed by atoms with van der Waals surface area (Å²) in [6.45, 7) is 3.22. The van der Waals surface area contributed by atoms with Gasteiger partial charge >= 0.3 is 0 Å². The minimum Gasteiger partial charge on any atom is -0.492 e. The van der Waals surface area contributed by atoms with Gasteiger partial charge in [0.1, 0.15) is 18.2 Å². The van der Waals surface area contributed by atoms with Crippen LogP contribution in [0.5, 0.6) is 5.75 Å². The third kappa shape index (κ3) is 3.45. The van der Waals surface area contributed by atoms with E-state index in [4.69, 9.17) is 4.74 Å². The number of hydrogen-bond donors (Lipinski definition) is 2. The summed E-state index contributed by atoms with van der Waals surface area (Å²) < 4.78 is 19.9. The number of rotatable bonds is 6. The summed E-state index contributed by atoms with van der Waals surface area (Å²) in [7, 11) is 0. The molecule has 0 aromatic heterocycles. The number of carbonyl (C=O) groups is 1. The SMILES string of the molecule is O=C1NCc2ccc3c(c21)CC(N(CCCC1CNc2ccc(F)cc21)C1CCC1)CO3. The van der Waals surface area contributed by atoms with Crippen LogP contribution in [0.3, 0.4) is 0 Å². The van der Waals surface area contributed by atoms with Crippen molar-refractivity contribution < 1.29 is 13.9 Å². The number of amides is 1. The third-order valence-electron chi connectivity index (χ3n) is 7.87. The Hall–Kier alpha value is -2.60. The van der Waals surface area contributed by atoms with Gasteiger partial charge in [-0.15, -0.1) is 0 Å². The zero-order chi connectivity index (χ0) is 21.7. The number of fused-ring (bicyclic) bond motifs is 4. The van der Waals surface area contributed by atoms with Gasteiger partial charge < -0.3 is 15.4 Å². The number of nitrogens with zero attached hydrogens (tertiary/aromatic N) is 1. The van der Waals surface area contributed by atoms with E-state index < -0.39 is 0 Å². The fourth-order valence-corrected chi connectivity index (χ4v) is 5.94. The van der Waals surface area contributed by atoms with Crippen molar-refractivity contribution in [3.05, 3.63) is 58.4 Å². The Morgan fingerprint density at radius 1 is 1.12 bits per heavy atom. The molecule has 2 N–H and O–H groups in total. The Labute approximate surface area is 188 Å². The summed E-state index contributed by atoms with van der Waals surface area (Å²) >= 11 is 0. The molecule has 1 fully saturated rings.